The molecule has 0 unspecified atom stereocenters. The molecule has 0 bridgehead atoms. The van der Waals surface area contributed by atoms with Gasteiger partial charge in [0, 0.05) is 10.6 Å². The number of benzene rings is 2. The molecular formula is C15H10BrCl3N2O2. The molecule has 0 aliphatic heterocycles. The molecule has 8 heteroatoms. The van der Waals surface area contributed by atoms with Gasteiger partial charge in [-0.3, -0.25) is 4.79 Å². The molecule has 1 amide bonds. The molecule has 0 fully saturated rings. The lowest BCUT2D eigenvalue weighted by Crippen LogP contribution is -2.24. The van der Waals surface area contributed by atoms with Gasteiger partial charge in [-0.05, 0) is 46.3 Å². The van der Waals surface area contributed by atoms with Crippen LogP contribution < -0.4 is 10.2 Å². The van der Waals surface area contributed by atoms with Gasteiger partial charge in [-0.25, -0.2) is 5.43 Å². The lowest BCUT2D eigenvalue weighted by atomic mass is 10.2. The van der Waals surface area contributed by atoms with Crippen LogP contribution in [0.1, 0.15) is 5.56 Å². The maximum atomic E-state index is 11.7. The summed E-state index contributed by atoms with van der Waals surface area (Å²) in [5.41, 5.74) is 2.86. The maximum absolute atomic E-state index is 11.7. The van der Waals surface area contributed by atoms with Gasteiger partial charge in [0.05, 0.1) is 20.7 Å². The highest BCUT2D eigenvalue weighted by atomic mass is 79.9. The van der Waals surface area contributed by atoms with E-state index in [1.165, 1.54) is 6.21 Å². The quantitative estimate of drug-likeness (QED) is 0.533. The van der Waals surface area contributed by atoms with Crippen LogP contribution in [-0.2, 0) is 4.79 Å². The Morgan fingerprint density at radius 2 is 1.91 bits per heavy atom. The number of hydrogen-bond donors (Lipinski definition) is 1. The molecule has 120 valence electrons. The SMILES string of the molecule is O=C(COc1ccc(Cl)cc1Br)N/N=C/c1c(Cl)cccc1Cl. The number of carbonyl (C=O) groups is 1. The third kappa shape index (κ3) is 5.39. The third-order valence-electron chi connectivity index (χ3n) is 2.64. The minimum atomic E-state index is -0.425. The molecule has 0 aliphatic rings. The van der Waals surface area contributed by atoms with E-state index in [0.717, 1.165) is 0 Å². The number of hydrazone groups is 1. The van der Waals surface area contributed by atoms with Crippen molar-refractivity contribution in [3.8, 4) is 5.75 Å². The van der Waals surface area contributed by atoms with Crippen LogP contribution in [-0.4, -0.2) is 18.7 Å². The smallest absolute Gasteiger partial charge is 0.277 e. The van der Waals surface area contributed by atoms with Gasteiger partial charge < -0.3 is 4.74 Å². The number of nitrogens with one attached hydrogen (secondary N) is 1. The highest BCUT2D eigenvalue weighted by Crippen LogP contribution is 2.27. The van der Waals surface area contributed by atoms with Crippen molar-refractivity contribution in [2.24, 2.45) is 5.10 Å². The van der Waals surface area contributed by atoms with Crippen LogP contribution in [0.25, 0.3) is 0 Å². The predicted molar refractivity (Wildman–Crippen MR) is 96.8 cm³/mol. The molecule has 2 aromatic carbocycles. The van der Waals surface area contributed by atoms with Crippen molar-refractivity contribution in [3.05, 3.63) is 61.5 Å². The molecule has 0 radical (unpaired) electrons. The second-order valence-corrected chi connectivity index (χ2v) is 6.40. The standard InChI is InChI=1S/C15H10BrCl3N2O2/c16-11-6-9(17)4-5-14(11)23-8-15(22)21-20-7-10-12(18)2-1-3-13(10)19/h1-7H,8H2,(H,21,22)/b20-7+. The Kier molecular flexibility index (Phi) is 6.72. The van der Waals surface area contributed by atoms with Crippen molar-refractivity contribution in [1.82, 2.24) is 5.43 Å². The zero-order valence-electron chi connectivity index (χ0n) is 11.5. The Bertz CT molecular complexity index is 733. The van der Waals surface area contributed by atoms with E-state index in [2.05, 4.69) is 26.5 Å². The molecule has 0 heterocycles. The van der Waals surface area contributed by atoms with E-state index in [0.29, 0.717) is 30.9 Å². The molecule has 1 N–H and O–H groups in total. The van der Waals surface area contributed by atoms with Gasteiger partial charge in [-0.2, -0.15) is 5.10 Å². The number of halogens is 4. The molecule has 0 spiro atoms. The fourth-order valence-electron chi connectivity index (χ4n) is 1.57. The highest BCUT2D eigenvalue weighted by Gasteiger charge is 2.06. The van der Waals surface area contributed by atoms with Crippen molar-refractivity contribution in [2.75, 3.05) is 6.61 Å². The molecule has 0 saturated heterocycles. The summed E-state index contributed by atoms with van der Waals surface area (Å²) in [6.07, 6.45) is 1.38. The first kappa shape index (κ1) is 18.1. The van der Waals surface area contributed by atoms with Crippen LogP contribution in [0.15, 0.2) is 46.0 Å². The first-order valence-electron chi connectivity index (χ1n) is 6.31. The van der Waals surface area contributed by atoms with Gasteiger partial charge in [0.1, 0.15) is 5.75 Å². The minimum absolute atomic E-state index is 0.201. The fourth-order valence-corrected chi connectivity index (χ4v) is 2.86. The molecule has 0 atom stereocenters. The topological polar surface area (TPSA) is 50.7 Å². The van der Waals surface area contributed by atoms with Gasteiger partial charge in [-0.1, -0.05) is 40.9 Å². The second kappa shape index (κ2) is 8.55. The summed E-state index contributed by atoms with van der Waals surface area (Å²) < 4.78 is 6.02. The molecule has 0 saturated carbocycles. The number of hydrogen-bond acceptors (Lipinski definition) is 3. The number of ether oxygens (including phenoxy) is 1. The van der Waals surface area contributed by atoms with Gasteiger partial charge in [0.2, 0.25) is 0 Å². The second-order valence-electron chi connectivity index (χ2n) is 4.29. The Labute approximate surface area is 156 Å². The number of rotatable bonds is 5. The largest absolute Gasteiger partial charge is 0.483 e. The average Bonchev–Trinajstić information content (AvgIpc) is 2.49. The van der Waals surface area contributed by atoms with Crippen LogP contribution >= 0.6 is 50.7 Å². The molecule has 2 rings (SSSR count). The predicted octanol–water partition coefficient (Wildman–Crippen LogP) is 4.94. The van der Waals surface area contributed by atoms with E-state index in [1.807, 2.05) is 0 Å². The fraction of sp³-hybridized carbons (Fsp3) is 0.0667. The van der Waals surface area contributed by atoms with E-state index in [4.69, 9.17) is 39.5 Å². The number of carbonyl (C=O) groups excluding carboxylic acids is 1. The summed E-state index contributed by atoms with van der Waals surface area (Å²) in [6, 6.07) is 10.1. The molecule has 2 aromatic rings. The molecule has 0 aliphatic carbocycles. The minimum Gasteiger partial charge on any atom is -0.483 e. The molecule has 4 nitrogen and oxygen atoms in total. The maximum Gasteiger partial charge on any atom is 0.277 e. The van der Waals surface area contributed by atoms with Crippen LogP contribution in [0.3, 0.4) is 0 Å². The first-order valence-corrected chi connectivity index (χ1v) is 8.24. The lowest BCUT2D eigenvalue weighted by molar-refractivity contribution is -0.123. The van der Waals surface area contributed by atoms with Gasteiger partial charge in [0.15, 0.2) is 6.61 Å². The Hall–Kier alpha value is -1.27. The van der Waals surface area contributed by atoms with E-state index >= 15 is 0 Å². The monoisotopic (exact) mass is 434 g/mol. The van der Waals surface area contributed by atoms with Crippen molar-refractivity contribution in [1.29, 1.82) is 0 Å². The average molecular weight is 437 g/mol. The van der Waals surface area contributed by atoms with Crippen LogP contribution in [0, 0.1) is 0 Å². The normalized spacial score (nSPS) is 10.8. The van der Waals surface area contributed by atoms with Crippen LogP contribution in [0.5, 0.6) is 5.75 Å². The van der Waals surface area contributed by atoms with Crippen LogP contribution in [0.4, 0.5) is 0 Å². The van der Waals surface area contributed by atoms with Crippen molar-refractivity contribution in [2.45, 2.75) is 0 Å². The third-order valence-corrected chi connectivity index (χ3v) is 4.15. The summed E-state index contributed by atoms with van der Waals surface area (Å²) in [5.74, 6) is 0.0777. The Balaban J connectivity index is 1.89. The summed E-state index contributed by atoms with van der Waals surface area (Å²) in [4.78, 5) is 11.7. The Morgan fingerprint density at radius 3 is 2.57 bits per heavy atom. The van der Waals surface area contributed by atoms with E-state index in [1.54, 1.807) is 36.4 Å². The van der Waals surface area contributed by atoms with E-state index in [9.17, 15) is 4.79 Å². The van der Waals surface area contributed by atoms with Gasteiger partial charge in [-0.15, -0.1) is 0 Å². The Morgan fingerprint density at radius 1 is 1.22 bits per heavy atom. The zero-order valence-corrected chi connectivity index (χ0v) is 15.4. The van der Waals surface area contributed by atoms with Crippen molar-refractivity contribution >= 4 is 62.9 Å². The van der Waals surface area contributed by atoms with Crippen molar-refractivity contribution < 1.29 is 9.53 Å². The van der Waals surface area contributed by atoms with Gasteiger partial charge in [0.25, 0.3) is 5.91 Å². The zero-order chi connectivity index (χ0) is 16.8. The summed E-state index contributed by atoms with van der Waals surface area (Å²) >= 11 is 21.1. The molecule has 23 heavy (non-hydrogen) atoms. The van der Waals surface area contributed by atoms with E-state index in [-0.39, 0.29) is 6.61 Å². The van der Waals surface area contributed by atoms with E-state index < -0.39 is 5.91 Å². The lowest BCUT2D eigenvalue weighted by Gasteiger charge is -2.07. The molecular weight excluding hydrogens is 426 g/mol. The summed E-state index contributed by atoms with van der Waals surface area (Å²) in [7, 11) is 0. The number of amides is 1. The summed E-state index contributed by atoms with van der Waals surface area (Å²) in [6.45, 7) is -0.201. The van der Waals surface area contributed by atoms with Crippen molar-refractivity contribution in [3.63, 3.8) is 0 Å². The molecule has 0 aromatic heterocycles. The summed E-state index contributed by atoms with van der Waals surface area (Å²) in [5, 5.41) is 5.25. The highest BCUT2D eigenvalue weighted by molar-refractivity contribution is 9.10. The van der Waals surface area contributed by atoms with Gasteiger partial charge >= 0.3 is 0 Å². The van der Waals surface area contributed by atoms with Crippen LogP contribution in [0.2, 0.25) is 15.1 Å². The first-order chi connectivity index (χ1) is 11.0. The number of nitrogens with zero attached hydrogens (tertiary/aromatic N) is 1.